The number of aromatic hydroxyl groups is 1. The van der Waals surface area contributed by atoms with Crippen LogP contribution < -0.4 is 0 Å². The average molecular weight is 274 g/mol. The zero-order chi connectivity index (χ0) is 13.1. The van der Waals surface area contributed by atoms with E-state index in [1.165, 1.54) is 17.7 Å². The Morgan fingerprint density at radius 2 is 2.00 bits per heavy atom. The number of hydrogen-bond donors (Lipinski definition) is 1. The molecule has 1 N–H and O–H groups in total. The van der Waals surface area contributed by atoms with E-state index in [1.54, 1.807) is 6.07 Å². The van der Waals surface area contributed by atoms with E-state index in [9.17, 15) is 5.11 Å². The minimum atomic E-state index is 0.360. The predicted molar refractivity (Wildman–Crippen MR) is 79.9 cm³/mol. The molecule has 0 aromatic heterocycles. The van der Waals surface area contributed by atoms with E-state index >= 15 is 0 Å². The summed E-state index contributed by atoms with van der Waals surface area (Å²) in [5, 5.41) is 11.9. The largest absolute Gasteiger partial charge is 0.507 e. The number of phenols is 1. The molecule has 1 heterocycles. The fourth-order valence-electron chi connectivity index (χ4n) is 2.55. The van der Waals surface area contributed by atoms with Gasteiger partial charge in [0.05, 0.1) is 6.10 Å². The van der Waals surface area contributed by atoms with Gasteiger partial charge in [-0.1, -0.05) is 24.3 Å². The lowest BCUT2D eigenvalue weighted by Gasteiger charge is -2.10. The van der Waals surface area contributed by atoms with Gasteiger partial charge < -0.3 is 9.84 Å². The molecule has 2 aromatic rings. The lowest BCUT2D eigenvalue weighted by molar-refractivity contribution is 0.109. The standard InChI is InChI=1S/C16H18O2S/c17-15-7-8-16(14-6-2-1-5-13(14)15)19-11-9-12-4-3-10-18-12/h1-2,5-8,12,17H,3-4,9-11H2. The Morgan fingerprint density at radius 1 is 1.16 bits per heavy atom. The van der Waals surface area contributed by atoms with Crippen LogP contribution in [0.5, 0.6) is 5.75 Å². The number of rotatable bonds is 4. The molecule has 0 aliphatic carbocycles. The van der Waals surface area contributed by atoms with Crippen LogP contribution in [0.1, 0.15) is 19.3 Å². The van der Waals surface area contributed by atoms with Crippen molar-refractivity contribution in [3.8, 4) is 5.75 Å². The van der Waals surface area contributed by atoms with Crippen LogP contribution in [0.2, 0.25) is 0 Å². The molecular formula is C16H18O2S. The first-order chi connectivity index (χ1) is 9.34. The molecule has 1 fully saturated rings. The van der Waals surface area contributed by atoms with Gasteiger partial charge in [0.25, 0.3) is 0 Å². The number of ether oxygens (including phenoxy) is 1. The van der Waals surface area contributed by atoms with Crippen molar-refractivity contribution in [1.29, 1.82) is 0 Å². The number of hydrogen-bond acceptors (Lipinski definition) is 3. The van der Waals surface area contributed by atoms with E-state index < -0.39 is 0 Å². The van der Waals surface area contributed by atoms with Crippen molar-refractivity contribution in [1.82, 2.24) is 0 Å². The Bertz CT molecular complexity index is 562. The number of thioether (sulfide) groups is 1. The minimum absolute atomic E-state index is 0.360. The summed E-state index contributed by atoms with van der Waals surface area (Å²) in [6.45, 7) is 0.928. The molecule has 1 aliphatic heterocycles. The van der Waals surface area contributed by atoms with E-state index in [4.69, 9.17) is 4.74 Å². The lowest BCUT2D eigenvalue weighted by Crippen LogP contribution is -2.05. The Labute approximate surface area is 117 Å². The first kappa shape index (κ1) is 12.8. The SMILES string of the molecule is Oc1ccc(SCCC2CCCO2)c2ccccc12. The first-order valence-corrected chi connectivity index (χ1v) is 7.78. The smallest absolute Gasteiger partial charge is 0.123 e. The van der Waals surface area contributed by atoms with Gasteiger partial charge in [-0.3, -0.25) is 0 Å². The van der Waals surface area contributed by atoms with Gasteiger partial charge in [0.1, 0.15) is 5.75 Å². The summed E-state index contributed by atoms with van der Waals surface area (Å²) in [6, 6.07) is 11.8. The van der Waals surface area contributed by atoms with Gasteiger partial charge in [-0.2, -0.15) is 0 Å². The molecule has 0 radical (unpaired) electrons. The van der Waals surface area contributed by atoms with Gasteiger partial charge >= 0.3 is 0 Å². The van der Waals surface area contributed by atoms with Crippen LogP contribution in [0, 0.1) is 0 Å². The third-order valence-electron chi connectivity index (χ3n) is 3.58. The van der Waals surface area contributed by atoms with Gasteiger partial charge in [-0.25, -0.2) is 0 Å². The molecule has 100 valence electrons. The Kier molecular flexibility index (Phi) is 3.95. The van der Waals surface area contributed by atoms with Crippen molar-refractivity contribution in [2.24, 2.45) is 0 Å². The third-order valence-corrected chi connectivity index (χ3v) is 4.69. The van der Waals surface area contributed by atoms with Crippen LogP contribution >= 0.6 is 11.8 Å². The van der Waals surface area contributed by atoms with Crippen LogP contribution in [-0.2, 0) is 4.74 Å². The highest BCUT2D eigenvalue weighted by atomic mass is 32.2. The molecule has 3 rings (SSSR count). The molecule has 19 heavy (non-hydrogen) atoms. The highest BCUT2D eigenvalue weighted by molar-refractivity contribution is 7.99. The van der Waals surface area contributed by atoms with E-state index in [1.807, 2.05) is 36.0 Å². The summed E-state index contributed by atoms with van der Waals surface area (Å²) in [4.78, 5) is 1.24. The summed E-state index contributed by atoms with van der Waals surface area (Å²) in [7, 11) is 0. The molecule has 1 saturated heterocycles. The molecule has 0 bridgehead atoms. The van der Waals surface area contributed by atoms with Crippen molar-refractivity contribution in [3.05, 3.63) is 36.4 Å². The van der Waals surface area contributed by atoms with Gasteiger partial charge in [-0.15, -0.1) is 11.8 Å². The van der Waals surface area contributed by atoms with Crippen LogP contribution in [0.4, 0.5) is 0 Å². The van der Waals surface area contributed by atoms with E-state index in [0.717, 1.165) is 29.6 Å². The monoisotopic (exact) mass is 274 g/mol. The lowest BCUT2D eigenvalue weighted by atomic mass is 10.1. The van der Waals surface area contributed by atoms with Gasteiger partial charge in [0.15, 0.2) is 0 Å². The van der Waals surface area contributed by atoms with E-state index in [-0.39, 0.29) is 0 Å². The maximum Gasteiger partial charge on any atom is 0.123 e. The van der Waals surface area contributed by atoms with Crippen LogP contribution in [0.25, 0.3) is 10.8 Å². The van der Waals surface area contributed by atoms with Crippen molar-refractivity contribution in [2.75, 3.05) is 12.4 Å². The Balaban J connectivity index is 1.72. The summed E-state index contributed by atoms with van der Waals surface area (Å²) in [6.07, 6.45) is 3.98. The summed E-state index contributed by atoms with van der Waals surface area (Å²) >= 11 is 1.85. The topological polar surface area (TPSA) is 29.5 Å². The number of benzene rings is 2. The van der Waals surface area contributed by atoms with Crippen molar-refractivity contribution < 1.29 is 9.84 Å². The van der Waals surface area contributed by atoms with Gasteiger partial charge in [0, 0.05) is 22.6 Å². The average Bonchev–Trinajstić information content (AvgIpc) is 2.95. The normalized spacial score (nSPS) is 19.1. The van der Waals surface area contributed by atoms with Gasteiger partial charge in [0.2, 0.25) is 0 Å². The van der Waals surface area contributed by atoms with Crippen LogP contribution in [0.15, 0.2) is 41.3 Å². The van der Waals surface area contributed by atoms with Crippen molar-refractivity contribution in [3.63, 3.8) is 0 Å². The molecule has 2 aromatic carbocycles. The highest BCUT2D eigenvalue weighted by Gasteiger charge is 2.15. The number of phenolic OH excluding ortho intramolecular Hbond substituents is 1. The van der Waals surface area contributed by atoms with Crippen LogP contribution in [-0.4, -0.2) is 23.6 Å². The molecule has 0 amide bonds. The molecule has 0 spiro atoms. The summed E-state index contributed by atoms with van der Waals surface area (Å²) in [5.74, 6) is 1.43. The molecule has 1 aliphatic rings. The second-order valence-electron chi connectivity index (χ2n) is 4.90. The fourth-order valence-corrected chi connectivity index (χ4v) is 3.65. The molecule has 1 atom stereocenters. The molecule has 2 nitrogen and oxygen atoms in total. The second kappa shape index (κ2) is 5.85. The quantitative estimate of drug-likeness (QED) is 0.847. The molecule has 1 unspecified atom stereocenters. The molecular weight excluding hydrogens is 256 g/mol. The second-order valence-corrected chi connectivity index (χ2v) is 6.04. The maximum absolute atomic E-state index is 9.86. The Morgan fingerprint density at radius 3 is 2.79 bits per heavy atom. The molecule has 0 saturated carbocycles. The van der Waals surface area contributed by atoms with Crippen molar-refractivity contribution >= 4 is 22.5 Å². The summed E-state index contributed by atoms with van der Waals surface area (Å²) < 4.78 is 5.64. The minimum Gasteiger partial charge on any atom is -0.507 e. The predicted octanol–water partition coefficient (Wildman–Crippen LogP) is 4.21. The summed E-state index contributed by atoms with van der Waals surface area (Å²) in [5.41, 5.74) is 0. The zero-order valence-electron chi connectivity index (χ0n) is 10.8. The maximum atomic E-state index is 9.86. The highest BCUT2D eigenvalue weighted by Crippen LogP contribution is 2.34. The number of fused-ring (bicyclic) bond motifs is 1. The first-order valence-electron chi connectivity index (χ1n) is 6.80. The van der Waals surface area contributed by atoms with Gasteiger partial charge in [-0.05, 0) is 36.8 Å². The third kappa shape index (κ3) is 2.88. The zero-order valence-corrected chi connectivity index (χ0v) is 11.7. The Hall–Kier alpha value is -1.19. The van der Waals surface area contributed by atoms with Crippen LogP contribution in [0.3, 0.4) is 0 Å². The molecule has 3 heteroatoms. The fraction of sp³-hybridized carbons (Fsp3) is 0.375. The van der Waals surface area contributed by atoms with Crippen molar-refractivity contribution in [2.45, 2.75) is 30.3 Å². The van der Waals surface area contributed by atoms with E-state index in [0.29, 0.717) is 11.9 Å². The van der Waals surface area contributed by atoms with E-state index in [2.05, 4.69) is 6.07 Å².